The Morgan fingerprint density at radius 3 is 2.59 bits per heavy atom. The van der Waals surface area contributed by atoms with E-state index in [0.717, 1.165) is 0 Å². The van der Waals surface area contributed by atoms with Crippen LogP contribution in [0, 0.1) is 5.82 Å². The Bertz CT molecular complexity index is 765. The number of carbonyl (C=O) groups is 2. The fourth-order valence-electron chi connectivity index (χ4n) is 1.99. The topological polar surface area (TPSA) is 87.2 Å². The number of nitrogens with zero attached hydrogens (tertiary/aromatic N) is 2. The molecule has 0 fully saturated rings. The maximum absolute atomic E-state index is 14.2. The second kappa shape index (κ2) is 5.68. The molecule has 0 bridgehead atoms. The molecule has 8 heteroatoms. The second-order valence-corrected chi connectivity index (χ2v) is 6.57. The van der Waals surface area contributed by atoms with E-state index in [1.165, 1.54) is 10.7 Å². The van der Waals surface area contributed by atoms with Gasteiger partial charge in [0.15, 0.2) is 5.69 Å². The van der Waals surface area contributed by atoms with Crippen molar-refractivity contribution in [3.05, 3.63) is 28.1 Å². The Morgan fingerprint density at radius 1 is 1.41 bits per heavy atom. The fourth-order valence-corrected chi connectivity index (χ4v) is 2.32. The van der Waals surface area contributed by atoms with Crippen LogP contribution in [0.5, 0.6) is 0 Å². The third-order valence-corrected chi connectivity index (χ3v) is 3.35. The van der Waals surface area contributed by atoms with E-state index in [0.29, 0.717) is 5.52 Å². The quantitative estimate of drug-likeness (QED) is 0.839. The number of fused-ring (bicyclic) bond motifs is 1. The summed E-state index contributed by atoms with van der Waals surface area (Å²) < 4.78 is 20.8. The van der Waals surface area contributed by atoms with Crippen LogP contribution in [0.3, 0.4) is 0 Å². The van der Waals surface area contributed by atoms with Crippen molar-refractivity contribution in [1.29, 1.82) is 0 Å². The zero-order valence-corrected chi connectivity index (χ0v) is 13.9. The Hall–Kier alpha value is -1.96. The lowest BCUT2D eigenvalue weighted by molar-refractivity contribution is -0.155. The Labute approximate surface area is 134 Å². The number of aromatic nitrogens is 2. The highest BCUT2D eigenvalue weighted by atomic mass is 79.9. The molecule has 118 valence electrons. The molecule has 6 nitrogen and oxygen atoms in total. The highest BCUT2D eigenvalue weighted by Crippen LogP contribution is 2.27. The number of benzene rings is 1. The number of halogens is 2. The molecule has 0 spiro atoms. The molecule has 22 heavy (non-hydrogen) atoms. The summed E-state index contributed by atoms with van der Waals surface area (Å²) in [6.07, 6.45) is 0. The van der Waals surface area contributed by atoms with E-state index in [1.54, 1.807) is 26.8 Å². The zero-order chi connectivity index (χ0) is 16.7. The molecule has 0 unspecified atom stereocenters. The lowest BCUT2D eigenvalue weighted by Crippen LogP contribution is -2.27. The molecule has 1 aromatic carbocycles. The Balaban J connectivity index is 2.50. The van der Waals surface area contributed by atoms with Gasteiger partial charge in [-0.05, 0) is 48.8 Å². The molecule has 0 radical (unpaired) electrons. The van der Waals surface area contributed by atoms with Gasteiger partial charge in [-0.3, -0.25) is 14.3 Å². The summed E-state index contributed by atoms with van der Waals surface area (Å²) in [5, 5.41) is 3.92. The lowest BCUT2D eigenvalue weighted by Gasteiger charge is -2.19. The minimum absolute atomic E-state index is 0.0227. The van der Waals surface area contributed by atoms with Crippen LogP contribution in [0.15, 0.2) is 16.6 Å². The predicted molar refractivity (Wildman–Crippen MR) is 81.8 cm³/mol. The normalized spacial score (nSPS) is 11.7. The van der Waals surface area contributed by atoms with Crippen molar-refractivity contribution >= 4 is 38.7 Å². The van der Waals surface area contributed by atoms with Crippen LogP contribution < -0.4 is 5.73 Å². The molecule has 0 atom stereocenters. The largest absolute Gasteiger partial charge is 0.459 e. The minimum atomic E-state index is -0.870. The molecule has 2 N–H and O–H groups in total. The summed E-state index contributed by atoms with van der Waals surface area (Å²) in [5.41, 5.74) is 4.65. The molecule has 1 aromatic heterocycles. The average molecular weight is 372 g/mol. The van der Waals surface area contributed by atoms with E-state index in [-0.39, 0.29) is 22.1 Å². The highest BCUT2D eigenvalue weighted by molar-refractivity contribution is 9.10. The number of esters is 1. The Kier molecular flexibility index (Phi) is 4.23. The monoisotopic (exact) mass is 371 g/mol. The molecule has 0 aliphatic rings. The van der Waals surface area contributed by atoms with Crippen molar-refractivity contribution in [1.82, 2.24) is 9.78 Å². The van der Waals surface area contributed by atoms with Gasteiger partial charge < -0.3 is 10.5 Å². The summed E-state index contributed by atoms with van der Waals surface area (Å²) >= 11 is 3.04. The van der Waals surface area contributed by atoms with Gasteiger partial charge >= 0.3 is 5.97 Å². The molecular weight excluding hydrogens is 357 g/mol. The molecule has 0 saturated heterocycles. The summed E-state index contributed by atoms with van der Waals surface area (Å²) in [6, 6.07) is 3.02. The third-order valence-electron chi connectivity index (χ3n) is 2.74. The molecular formula is C14H15BrFN3O3. The maximum atomic E-state index is 14.2. The van der Waals surface area contributed by atoms with Crippen molar-refractivity contribution in [2.45, 2.75) is 32.9 Å². The van der Waals surface area contributed by atoms with Crippen molar-refractivity contribution in [3.8, 4) is 0 Å². The number of nitrogens with two attached hydrogens (primary N) is 1. The van der Waals surface area contributed by atoms with Crippen LogP contribution in [0.25, 0.3) is 10.9 Å². The molecule has 2 rings (SSSR count). The fraction of sp³-hybridized carbons (Fsp3) is 0.357. The van der Waals surface area contributed by atoms with E-state index in [9.17, 15) is 14.0 Å². The third kappa shape index (κ3) is 3.27. The van der Waals surface area contributed by atoms with E-state index in [2.05, 4.69) is 21.0 Å². The zero-order valence-electron chi connectivity index (χ0n) is 12.3. The van der Waals surface area contributed by atoms with E-state index >= 15 is 0 Å². The van der Waals surface area contributed by atoms with Crippen LogP contribution in [0.1, 0.15) is 31.3 Å². The molecule has 0 aliphatic heterocycles. The first-order chi connectivity index (χ1) is 10.1. The van der Waals surface area contributed by atoms with Crippen LogP contribution >= 0.6 is 15.9 Å². The standard InChI is InChI=1S/C14H15BrFN3O3/c1-14(2,3)22-9(20)6-19-8-5-4-7(15)11(16)10(8)12(18-19)13(17)21/h4-5H,6H2,1-3H3,(H2,17,21). The Morgan fingerprint density at radius 2 is 2.05 bits per heavy atom. The molecule has 0 aliphatic carbocycles. The van der Waals surface area contributed by atoms with Crippen LogP contribution in [0.4, 0.5) is 4.39 Å². The number of ether oxygens (including phenoxy) is 1. The van der Waals surface area contributed by atoms with E-state index in [1.807, 2.05) is 0 Å². The van der Waals surface area contributed by atoms with Gasteiger partial charge in [0.1, 0.15) is 18.0 Å². The van der Waals surface area contributed by atoms with Crippen molar-refractivity contribution in [2.24, 2.45) is 5.73 Å². The van der Waals surface area contributed by atoms with Gasteiger partial charge in [0.25, 0.3) is 5.91 Å². The SMILES string of the molecule is CC(C)(C)OC(=O)Cn1nc(C(N)=O)c2c(F)c(Br)ccc21. The number of primary amides is 1. The van der Waals surface area contributed by atoms with Crippen LogP contribution in [0.2, 0.25) is 0 Å². The van der Waals surface area contributed by atoms with Crippen LogP contribution in [-0.2, 0) is 16.1 Å². The van der Waals surface area contributed by atoms with E-state index < -0.39 is 23.3 Å². The first kappa shape index (κ1) is 16.4. The predicted octanol–water partition coefficient (Wildman–Crippen LogP) is 2.38. The van der Waals surface area contributed by atoms with Gasteiger partial charge in [-0.25, -0.2) is 4.39 Å². The van der Waals surface area contributed by atoms with Gasteiger partial charge in [-0.15, -0.1) is 0 Å². The molecule has 1 amide bonds. The first-order valence-corrected chi connectivity index (χ1v) is 7.25. The van der Waals surface area contributed by atoms with Gasteiger partial charge in [0.05, 0.1) is 15.4 Å². The van der Waals surface area contributed by atoms with Crippen molar-refractivity contribution < 1.29 is 18.7 Å². The van der Waals surface area contributed by atoms with Crippen molar-refractivity contribution in [3.63, 3.8) is 0 Å². The number of hydrogen-bond donors (Lipinski definition) is 1. The number of hydrogen-bond acceptors (Lipinski definition) is 4. The summed E-state index contributed by atoms with van der Waals surface area (Å²) in [5.74, 6) is -2.07. The number of amides is 1. The summed E-state index contributed by atoms with van der Waals surface area (Å²) in [6.45, 7) is 4.95. The number of rotatable bonds is 3. The average Bonchev–Trinajstić information content (AvgIpc) is 2.71. The van der Waals surface area contributed by atoms with Gasteiger partial charge in [-0.1, -0.05) is 0 Å². The lowest BCUT2D eigenvalue weighted by atomic mass is 10.2. The molecule has 1 heterocycles. The van der Waals surface area contributed by atoms with Gasteiger partial charge in [-0.2, -0.15) is 5.10 Å². The summed E-state index contributed by atoms with van der Waals surface area (Å²) in [4.78, 5) is 23.4. The molecule has 2 aromatic rings. The molecule has 0 saturated carbocycles. The van der Waals surface area contributed by atoms with Gasteiger partial charge in [0, 0.05) is 0 Å². The summed E-state index contributed by atoms with van der Waals surface area (Å²) in [7, 11) is 0. The van der Waals surface area contributed by atoms with Gasteiger partial charge in [0.2, 0.25) is 0 Å². The maximum Gasteiger partial charge on any atom is 0.328 e. The smallest absolute Gasteiger partial charge is 0.328 e. The van der Waals surface area contributed by atoms with Crippen molar-refractivity contribution in [2.75, 3.05) is 0 Å². The second-order valence-electron chi connectivity index (χ2n) is 5.71. The number of carbonyl (C=O) groups excluding carboxylic acids is 2. The van der Waals surface area contributed by atoms with Crippen LogP contribution in [-0.4, -0.2) is 27.3 Å². The minimum Gasteiger partial charge on any atom is -0.459 e. The highest BCUT2D eigenvalue weighted by Gasteiger charge is 2.23. The van der Waals surface area contributed by atoms with E-state index in [4.69, 9.17) is 10.5 Å². The first-order valence-electron chi connectivity index (χ1n) is 6.46.